The van der Waals surface area contributed by atoms with Crippen LogP contribution in [0.2, 0.25) is 0 Å². The summed E-state index contributed by atoms with van der Waals surface area (Å²) in [5.41, 5.74) is 0. The van der Waals surface area contributed by atoms with Crippen LogP contribution in [0.4, 0.5) is 0 Å². The highest BCUT2D eigenvalue weighted by atomic mass is 16.5. The number of furan rings is 1. The molecule has 1 aromatic rings. The number of aliphatic hydroxyl groups is 1. The van der Waals surface area contributed by atoms with E-state index in [9.17, 15) is 9.90 Å². The summed E-state index contributed by atoms with van der Waals surface area (Å²) in [4.78, 5) is 11.1. The van der Waals surface area contributed by atoms with Crippen LogP contribution in [0.15, 0.2) is 22.8 Å². The van der Waals surface area contributed by atoms with Crippen LogP contribution in [0.3, 0.4) is 0 Å². The van der Waals surface area contributed by atoms with Gasteiger partial charge in [0.15, 0.2) is 0 Å². The number of nitrogens with one attached hydrogen (secondary N) is 1. The van der Waals surface area contributed by atoms with Crippen molar-refractivity contribution in [1.29, 1.82) is 0 Å². The van der Waals surface area contributed by atoms with Gasteiger partial charge in [0.2, 0.25) is 5.91 Å². The Labute approximate surface area is 94.4 Å². The topological polar surface area (TPSA) is 71.7 Å². The molecule has 0 saturated heterocycles. The summed E-state index contributed by atoms with van der Waals surface area (Å²) < 4.78 is 9.96. The maximum atomic E-state index is 11.1. The lowest BCUT2D eigenvalue weighted by molar-refractivity contribution is -0.125. The van der Waals surface area contributed by atoms with Crippen LogP contribution in [-0.2, 0) is 9.53 Å². The van der Waals surface area contributed by atoms with E-state index in [1.54, 1.807) is 12.1 Å². The van der Waals surface area contributed by atoms with Crippen LogP contribution in [0.25, 0.3) is 0 Å². The highest BCUT2D eigenvalue weighted by Crippen LogP contribution is 2.15. The van der Waals surface area contributed by atoms with Crippen LogP contribution in [-0.4, -0.2) is 30.8 Å². The van der Waals surface area contributed by atoms with Crippen molar-refractivity contribution in [3.8, 4) is 0 Å². The van der Waals surface area contributed by atoms with Gasteiger partial charge in [-0.25, -0.2) is 0 Å². The first kappa shape index (κ1) is 12.7. The average Bonchev–Trinajstić information content (AvgIpc) is 2.79. The number of carbonyl (C=O) groups excluding carboxylic acids is 1. The minimum absolute atomic E-state index is 0.0628. The zero-order valence-electron chi connectivity index (χ0n) is 9.31. The Hall–Kier alpha value is -1.33. The van der Waals surface area contributed by atoms with Crippen molar-refractivity contribution in [3.05, 3.63) is 24.2 Å². The predicted octanol–water partition coefficient (Wildman–Crippen LogP) is 0.856. The smallest absolute Gasteiger partial charge is 0.245 e. The maximum Gasteiger partial charge on any atom is 0.245 e. The van der Waals surface area contributed by atoms with E-state index in [0.29, 0.717) is 25.3 Å². The van der Waals surface area contributed by atoms with Gasteiger partial charge in [-0.3, -0.25) is 4.79 Å². The summed E-state index contributed by atoms with van der Waals surface area (Å²) in [6.45, 7) is 2.80. The quantitative estimate of drug-likeness (QED) is 0.724. The van der Waals surface area contributed by atoms with Crippen LogP contribution in [0, 0.1) is 0 Å². The lowest BCUT2D eigenvalue weighted by Crippen LogP contribution is -2.29. The van der Waals surface area contributed by atoms with Gasteiger partial charge in [0.1, 0.15) is 18.5 Å². The molecule has 1 rings (SSSR count). The highest BCUT2D eigenvalue weighted by molar-refractivity contribution is 5.77. The fourth-order valence-corrected chi connectivity index (χ4v) is 1.22. The van der Waals surface area contributed by atoms with Gasteiger partial charge in [-0.1, -0.05) is 0 Å². The Bertz CT molecular complexity index is 297. The number of carbonyl (C=O) groups is 1. The molecular formula is C11H17NO4. The van der Waals surface area contributed by atoms with Crippen molar-refractivity contribution in [2.24, 2.45) is 0 Å². The van der Waals surface area contributed by atoms with E-state index in [1.165, 1.54) is 6.26 Å². The average molecular weight is 227 g/mol. The molecule has 0 aliphatic rings. The fraction of sp³-hybridized carbons (Fsp3) is 0.545. The molecule has 0 saturated carbocycles. The van der Waals surface area contributed by atoms with Gasteiger partial charge in [-0.05, 0) is 25.5 Å². The minimum Gasteiger partial charge on any atom is -0.467 e. The minimum atomic E-state index is -0.678. The van der Waals surface area contributed by atoms with Gasteiger partial charge >= 0.3 is 0 Å². The van der Waals surface area contributed by atoms with Gasteiger partial charge in [-0.2, -0.15) is 0 Å². The van der Waals surface area contributed by atoms with Gasteiger partial charge < -0.3 is 19.6 Å². The first-order valence-electron chi connectivity index (χ1n) is 5.30. The fourth-order valence-electron chi connectivity index (χ4n) is 1.22. The molecule has 2 N–H and O–H groups in total. The summed E-state index contributed by atoms with van der Waals surface area (Å²) in [5.74, 6) is 0.340. The molecule has 0 aliphatic carbocycles. The predicted molar refractivity (Wildman–Crippen MR) is 57.8 cm³/mol. The Morgan fingerprint density at radius 2 is 2.50 bits per heavy atom. The normalized spacial score (nSPS) is 12.4. The molecule has 1 atom stereocenters. The van der Waals surface area contributed by atoms with Gasteiger partial charge in [0.25, 0.3) is 0 Å². The van der Waals surface area contributed by atoms with E-state index in [1.807, 2.05) is 6.92 Å². The summed E-state index contributed by atoms with van der Waals surface area (Å²) >= 11 is 0. The molecule has 5 heteroatoms. The molecule has 16 heavy (non-hydrogen) atoms. The Morgan fingerprint density at radius 1 is 1.69 bits per heavy atom. The zero-order chi connectivity index (χ0) is 11.8. The van der Waals surface area contributed by atoms with E-state index in [4.69, 9.17) is 9.15 Å². The molecule has 0 radical (unpaired) electrons. The molecule has 0 spiro atoms. The molecule has 0 bridgehead atoms. The van der Waals surface area contributed by atoms with Crippen molar-refractivity contribution in [1.82, 2.24) is 5.32 Å². The molecule has 1 heterocycles. The summed E-state index contributed by atoms with van der Waals surface area (Å²) in [6, 6.07) is 3.42. The van der Waals surface area contributed by atoms with E-state index in [2.05, 4.69) is 5.32 Å². The third-order valence-electron chi connectivity index (χ3n) is 2.05. The maximum absolute atomic E-state index is 11.1. The van der Waals surface area contributed by atoms with E-state index < -0.39 is 6.10 Å². The lowest BCUT2D eigenvalue weighted by atomic mass is 10.2. The van der Waals surface area contributed by atoms with Crippen LogP contribution in [0.5, 0.6) is 0 Å². The number of aliphatic hydroxyl groups excluding tert-OH is 1. The van der Waals surface area contributed by atoms with Gasteiger partial charge in [0, 0.05) is 13.2 Å². The van der Waals surface area contributed by atoms with Crippen molar-refractivity contribution in [2.75, 3.05) is 19.8 Å². The van der Waals surface area contributed by atoms with Crippen molar-refractivity contribution in [3.63, 3.8) is 0 Å². The van der Waals surface area contributed by atoms with E-state index >= 15 is 0 Å². The van der Waals surface area contributed by atoms with E-state index in [-0.39, 0.29) is 12.5 Å². The standard InChI is InChI=1S/C11H17NO4/c1-2-15-8-11(14)12-6-5-9(13)10-4-3-7-16-10/h3-4,7,9,13H,2,5-6,8H2,1H3,(H,12,14)/t9-/m1/s1. The van der Waals surface area contributed by atoms with Gasteiger partial charge in [-0.15, -0.1) is 0 Å². The molecule has 0 aliphatic heterocycles. The second kappa shape index (κ2) is 7.03. The van der Waals surface area contributed by atoms with Crippen molar-refractivity contribution in [2.45, 2.75) is 19.4 Å². The van der Waals surface area contributed by atoms with Crippen LogP contribution >= 0.6 is 0 Å². The summed E-state index contributed by atoms with van der Waals surface area (Å²) in [6.07, 6.45) is 1.25. The number of ether oxygens (including phenoxy) is 1. The molecule has 0 unspecified atom stereocenters. The second-order valence-electron chi connectivity index (χ2n) is 3.31. The number of amides is 1. The first-order chi connectivity index (χ1) is 7.74. The van der Waals surface area contributed by atoms with Crippen molar-refractivity contribution >= 4 is 5.91 Å². The van der Waals surface area contributed by atoms with Gasteiger partial charge in [0.05, 0.1) is 6.26 Å². The van der Waals surface area contributed by atoms with Crippen molar-refractivity contribution < 1.29 is 19.1 Å². The Morgan fingerprint density at radius 3 is 3.12 bits per heavy atom. The number of hydrogen-bond acceptors (Lipinski definition) is 4. The largest absolute Gasteiger partial charge is 0.467 e. The molecule has 5 nitrogen and oxygen atoms in total. The molecule has 1 aromatic heterocycles. The van der Waals surface area contributed by atoms with Crippen LogP contribution in [0.1, 0.15) is 25.2 Å². The zero-order valence-corrected chi connectivity index (χ0v) is 9.31. The third kappa shape index (κ3) is 4.46. The molecular weight excluding hydrogens is 210 g/mol. The number of rotatable bonds is 7. The molecule has 1 amide bonds. The SMILES string of the molecule is CCOCC(=O)NCC[C@@H](O)c1ccco1. The second-order valence-corrected chi connectivity index (χ2v) is 3.31. The number of hydrogen-bond donors (Lipinski definition) is 2. The molecule has 0 aromatic carbocycles. The monoisotopic (exact) mass is 227 g/mol. The Balaban J connectivity index is 2.13. The van der Waals surface area contributed by atoms with E-state index in [0.717, 1.165) is 0 Å². The van der Waals surface area contributed by atoms with Crippen LogP contribution < -0.4 is 5.32 Å². The summed E-state index contributed by atoms with van der Waals surface area (Å²) in [5, 5.41) is 12.3. The molecule has 90 valence electrons. The molecule has 0 fully saturated rings. The lowest BCUT2D eigenvalue weighted by Gasteiger charge is -2.08. The summed E-state index contributed by atoms with van der Waals surface area (Å²) in [7, 11) is 0. The third-order valence-corrected chi connectivity index (χ3v) is 2.05. The first-order valence-corrected chi connectivity index (χ1v) is 5.30. The Kier molecular flexibility index (Phi) is 5.60. The highest BCUT2D eigenvalue weighted by Gasteiger charge is 2.10.